The Kier molecular flexibility index (Phi) is 6.24. The van der Waals surface area contributed by atoms with Crippen LogP contribution in [0.15, 0.2) is 35.5 Å². The summed E-state index contributed by atoms with van der Waals surface area (Å²) in [5.74, 6) is 0.789. The summed E-state index contributed by atoms with van der Waals surface area (Å²) in [4.78, 5) is 14.0. The molecule has 0 aliphatic heterocycles. The van der Waals surface area contributed by atoms with Crippen LogP contribution in [0.2, 0.25) is 0 Å². The van der Waals surface area contributed by atoms with Gasteiger partial charge in [0.25, 0.3) is 0 Å². The van der Waals surface area contributed by atoms with E-state index >= 15 is 0 Å². The average molecular weight is 417 g/mol. The predicted molar refractivity (Wildman–Crippen MR) is 112 cm³/mol. The van der Waals surface area contributed by atoms with Crippen molar-refractivity contribution in [3.05, 3.63) is 58.9 Å². The zero-order chi connectivity index (χ0) is 21.3. The van der Waals surface area contributed by atoms with Crippen LogP contribution in [0.25, 0.3) is 5.69 Å². The van der Waals surface area contributed by atoms with E-state index in [4.69, 9.17) is 0 Å². The van der Waals surface area contributed by atoms with Crippen molar-refractivity contribution in [1.82, 2.24) is 19.3 Å². The highest BCUT2D eigenvalue weighted by Gasteiger charge is 2.24. The second-order valence-corrected chi connectivity index (χ2v) is 8.45. The van der Waals surface area contributed by atoms with Gasteiger partial charge in [0, 0.05) is 29.7 Å². The number of ketones is 1. The minimum atomic E-state index is -0.297. The molecule has 3 aromatic rings. The maximum Gasteiger partial charge on any atom is 0.196 e. The first-order valence-corrected chi connectivity index (χ1v) is 10.5. The molecule has 0 spiro atoms. The summed E-state index contributed by atoms with van der Waals surface area (Å²) in [7, 11) is 6.05. The van der Waals surface area contributed by atoms with Crippen LogP contribution in [-0.2, 0) is 7.05 Å². The molecule has 3 rings (SSSR count). The number of thioether (sulfide) groups is 1. The molecule has 29 heavy (non-hydrogen) atoms. The van der Waals surface area contributed by atoms with Gasteiger partial charge in [0.05, 0.1) is 19.8 Å². The van der Waals surface area contributed by atoms with Crippen LogP contribution in [0.4, 0.5) is 4.39 Å². The Balaban J connectivity index is 1.91. The quantitative estimate of drug-likeness (QED) is 0.475. The summed E-state index contributed by atoms with van der Waals surface area (Å²) in [5.41, 5.74) is 3.52. The molecule has 2 heterocycles. The van der Waals surface area contributed by atoms with E-state index in [-0.39, 0.29) is 23.4 Å². The van der Waals surface area contributed by atoms with Crippen molar-refractivity contribution >= 4 is 17.5 Å². The van der Waals surface area contributed by atoms with Gasteiger partial charge >= 0.3 is 0 Å². The predicted octanol–water partition coefficient (Wildman–Crippen LogP) is 2.54. The second kappa shape index (κ2) is 8.51. The molecule has 0 aliphatic carbocycles. The van der Waals surface area contributed by atoms with Crippen molar-refractivity contribution in [2.75, 3.05) is 19.8 Å². The monoisotopic (exact) mass is 416 g/mol. The molecule has 0 unspecified atom stereocenters. The van der Waals surface area contributed by atoms with Gasteiger partial charge in [-0.2, -0.15) is 0 Å². The third-order valence-corrected chi connectivity index (χ3v) is 6.33. The van der Waals surface area contributed by atoms with Crippen LogP contribution in [-0.4, -0.2) is 45.0 Å². The molecule has 6 nitrogen and oxygen atoms in total. The van der Waals surface area contributed by atoms with Crippen LogP contribution in [0.1, 0.15) is 40.5 Å². The van der Waals surface area contributed by atoms with Gasteiger partial charge in [-0.25, -0.2) is 4.39 Å². The van der Waals surface area contributed by atoms with Gasteiger partial charge in [-0.05, 0) is 51.1 Å². The lowest BCUT2D eigenvalue weighted by molar-refractivity contribution is -0.890. The number of benzene rings is 1. The van der Waals surface area contributed by atoms with E-state index in [2.05, 4.69) is 17.1 Å². The Bertz CT molecular complexity index is 1020. The molecule has 0 bridgehead atoms. The van der Waals surface area contributed by atoms with Crippen molar-refractivity contribution in [2.45, 2.75) is 32.0 Å². The third kappa shape index (κ3) is 4.28. The number of aryl methyl sites for hydroxylation is 1. The number of rotatable bonds is 7. The van der Waals surface area contributed by atoms with Crippen LogP contribution >= 0.6 is 11.8 Å². The van der Waals surface area contributed by atoms with Gasteiger partial charge in [-0.15, -0.1) is 10.2 Å². The summed E-state index contributed by atoms with van der Waals surface area (Å²) in [6, 6.07) is 8.25. The first kappa shape index (κ1) is 21.3. The fraction of sp³-hybridized carbons (Fsp3) is 0.381. The molecule has 8 heteroatoms. The molecular formula is C21H27FN5OS+. The summed E-state index contributed by atoms with van der Waals surface area (Å²) >= 11 is 1.35. The van der Waals surface area contributed by atoms with Gasteiger partial charge in [-0.3, -0.25) is 9.36 Å². The number of nitrogens with one attached hydrogen (secondary N) is 1. The number of carbonyl (C=O) groups excluding carboxylic acids is 1. The molecule has 1 atom stereocenters. The lowest BCUT2D eigenvalue weighted by atomic mass is 10.2. The van der Waals surface area contributed by atoms with E-state index in [1.807, 2.05) is 50.2 Å². The number of hydrogen-bond acceptors (Lipinski definition) is 4. The van der Waals surface area contributed by atoms with Crippen LogP contribution in [0, 0.1) is 19.7 Å². The van der Waals surface area contributed by atoms with E-state index < -0.39 is 0 Å². The largest absolute Gasteiger partial charge is 0.351 e. The van der Waals surface area contributed by atoms with Gasteiger partial charge < -0.3 is 9.47 Å². The average Bonchev–Trinajstić information content (AvgIpc) is 3.22. The van der Waals surface area contributed by atoms with Gasteiger partial charge in [0.1, 0.15) is 11.9 Å². The third-order valence-electron chi connectivity index (χ3n) is 5.40. The summed E-state index contributed by atoms with van der Waals surface area (Å²) < 4.78 is 17.4. The van der Waals surface area contributed by atoms with E-state index in [9.17, 15) is 9.18 Å². The lowest BCUT2D eigenvalue weighted by Gasteiger charge is -2.18. The van der Waals surface area contributed by atoms with Crippen LogP contribution in [0.5, 0.6) is 0 Å². The van der Waals surface area contributed by atoms with Crippen molar-refractivity contribution in [3.8, 4) is 5.69 Å². The van der Waals surface area contributed by atoms with Crippen molar-refractivity contribution < 1.29 is 14.1 Å². The summed E-state index contributed by atoms with van der Waals surface area (Å²) in [6.07, 6.45) is 0. The molecule has 0 aliphatic rings. The first-order chi connectivity index (χ1) is 13.7. The van der Waals surface area contributed by atoms with Crippen LogP contribution in [0.3, 0.4) is 0 Å². The molecule has 0 amide bonds. The fourth-order valence-corrected chi connectivity index (χ4v) is 3.93. The normalized spacial score (nSPS) is 12.6. The molecule has 1 N–H and O–H groups in total. The van der Waals surface area contributed by atoms with Crippen molar-refractivity contribution in [1.29, 1.82) is 0 Å². The number of halogens is 1. The Morgan fingerprint density at radius 1 is 1.21 bits per heavy atom. The van der Waals surface area contributed by atoms with E-state index in [1.165, 1.54) is 28.8 Å². The van der Waals surface area contributed by atoms with Crippen LogP contribution < -0.4 is 4.90 Å². The van der Waals surface area contributed by atoms with Gasteiger partial charge in [0.2, 0.25) is 0 Å². The Hall–Kier alpha value is -2.45. The molecule has 0 saturated carbocycles. The minimum absolute atomic E-state index is 0.0534. The van der Waals surface area contributed by atoms with Gasteiger partial charge in [0.15, 0.2) is 16.8 Å². The fourth-order valence-electron chi connectivity index (χ4n) is 3.09. The maximum absolute atomic E-state index is 13.4. The Morgan fingerprint density at radius 2 is 1.86 bits per heavy atom. The first-order valence-electron chi connectivity index (χ1n) is 9.51. The second-order valence-electron chi connectivity index (χ2n) is 7.51. The van der Waals surface area contributed by atoms with Crippen molar-refractivity contribution in [3.63, 3.8) is 0 Å². The summed E-state index contributed by atoms with van der Waals surface area (Å²) in [5, 5.41) is 9.35. The van der Waals surface area contributed by atoms with Gasteiger partial charge in [-0.1, -0.05) is 11.8 Å². The highest BCUT2D eigenvalue weighted by Crippen LogP contribution is 2.26. The molecular weight excluding hydrogens is 389 g/mol. The standard InChI is InChI=1S/C21H26FN5OS/c1-13-11-18(14(2)26(13)6)19(28)12-29-21-24-23-20(15(3)25(4)5)27(21)17-9-7-16(22)8-10-17/h7-11,15H,12H2,1-6H3/p+1/t15-/m1/s1. The van der Waals surface area contributed by atoms with Crippen molar-refractivity contribution in [2.24, 2.45) is 7.05 Å². The molecule has 2 aromatic heterocycles. The van der Waals surface area contributed by atoms with E-state index in [0.717, 1.165) is 28.5 Å². The molecule has 154 valence electrons. The number of aromatic nitrogens is 4. The highest BCUT2D eigenvalue weighted by molar-refractivity contribution is 7.99. The summed E-state index contributed by atoms with van der Waals surface area (Å²) in [6.45, 7) is 6.00. The molecule has 0 saturated heterocycles. The Labute approximate surface area is 174 Å². The van der Waals surface area contributed by atoms with E-state index in [1.54, 1.807) is 12.1 Å². The number of Topliss-reactive ketones (excluding diaryl/α,β-unsaturated/α-hetero) is 1. The number of quaternary nitrogens is 1. The zero-order valence-corrected chi connectivity index (χ0v) is 18.5. The maximum atomic E-state index is 13.4. The Morgan fingerprint density at radius 3 is 2.41 bits per heavy atom. The minimum Gasteiger partial charge on any atom is -0.351 e. The topological polar surface area (TPSA) is 57.1 Å². The number of carbonyl (C=O) groups is 1. The lowest BCUT2D eigenvalue weighted by Crippen LogP contribution is -3.05. The zero-order valence-electron chi connectivity index (χ0n) is 17.7. The number of nitrogens with zero attached hydrogens (tertiary/aromatic N) is 4. The molecule has 0 radical (unpaired) electrons. The highest BCUT2D eigenvalue weighted by atomic mass is 32.2. The van der Waals surface area contributed by atoms with E-state index in [0.29, 0.717) is 5.16 Å². The molecule has 0 fully saturated rings. The molecule has 1 aromatic carbocycles. The smallest absolute Gasteiger partial charge is 0.196 e. The SMILES string of the molecule is Cc1cc(C(=O)CSc2nnc([C@@H](C)[NH+](C)C)n2-c2ccc(F)cc2)c(C)n1C. The number of hydrogen-bond donors (Lipinski definition) is 1.